The molecule has 0 aromatic heterocycles. The van der Waals surface area contributed by atoms with Crippen LogP contribution in [0.2, 0.25) is 0 Å². The quantitative estimate of drug-likeness (QED) is 0.842. The number of anilines is 1. The molecule has 1 saturated heterocycles. The first-order chi connectivity index (χ1) is 8.61. The van der Waals surface area contributed by atoms with Crippen molar-refractivity contribution >= 4 is 21.6 Å². The molecule has 1 heterocycles. The van der Waals surface area contributed by atoms with E-state index in [1.165, 1.54) is 6.07 Å². The summed E-state index contributed by atoms with van der Waals surface area (Å²) >= 11 is 3.11. The molecule has 1 fully saturated rings. The van der Waals surface area contributed by atoms with Crippen molar-refractivity contribution in [2.24, 2.45) is 0 Å². The Bertz CT molecular complexity index is 426. The molecule has 0 saturated carbocycles. The lowest BCUT2D eigenvalue weighted by molar-refractivity contribution is 0.524. The lowest BCUT2D eigenvalue weighted by Crippen LogP contribution is -2.37. The minimum absolute atomic E-state index is 0.309. The van der Waals surface area contributed by atoms with Crippen molar-refractivity contribution in [1.82, 2.24) is 5.32 Å². The van der Waals surface area contributed by atoms with E-state index in [1.54, 1.807) is 0 Å². The standard InChI is InChI=1S/C13H17BrF2N2/c1-2-9-8-18(5-3-4-17-9)13-6-10(14)11(15)7-12(13)16/h6-7,9,17H,2-5,8H2,1H3. The van der Waals surface area contributed by atoms with E-state index in [0.717, 1.165) is 38.5 Å². The number of nitrogens with zero attached hydrogens (tertiary/aromatic N) is 1. The fourth-order valence-corrected chi connectivity index (χ4v) is 2.58. The third-order valence-corrected chi connectivity index (χ3v) is 3.91. The number of benzene rings is 1. The average molecular weight is 319 g/mol. The fourth-order valence-electron chi connectivity index (χ4n) is 2.24. The monoisotopic (exact) mass is 318 g/mol. The summed E-state index contributed by atoms with van der Waals surface area (Å²) in [4.78, 5) is 1.99. The first kappa shape index (κ1) is 13.7. The lowest BCUT2D eigenvalue weighted by atomic mass is 10.2. The van der Waals surface area contributed by atoms with Gasteiger partial charge in [-0.05, 0) is 41.4 Å². The van der Waals surface area contributed by atoms with E-state index < -0.39 is 11.6 Å². The average Bonchev–Trinajstić information content (AvgIpc) is 2.59. The minimum atomic E-state index is -0.559. The summed E-state index contributed by atoms with van der Waals surface area (Å²) in [5.74, 6) is -1.05. The van der Waals surface area contributed by atoms with E-state index in [4.69, 9.17) is 0 Å². The van der Waals surface area contributed by atoms with Crippen molar-refractivity contribution in [2.45, 2.75) is 25.8 Å². The molecular formula is C13H17BrF2N2. The molecule has 2 rings (SSSR count). The summed E-state index contributed by atoms with van der Waals surface area (Å²) < 4.78 is 27.4. The molecule has 0 bridgehead atoms. The van der Waals surface area contributed by atoms with E-state index in [2.05, 4.69) is 28.2 Å². The second kappa shape index (κ2) is 5.97. The highest BCUT2D eigenvalue weighted by atomic mass is 79.9. The molecule has 0 spiro atoms. The van der Waals surface area contributed by atoms with Crippen molar-refractivity contribution in [3.05, 3.63) is 28.2 Å². The molecule has 0 radical (unpaired) electrons. The molecule has 1 aromatic carbocycles. The summed E-state index contributed by atoms with van der Waals surface area (Å²) in [6.07, 6.45) is 1.96. The largest absolute Gasteiger partial charge is 0.368 e. The summed E-state index contributed by atoms with van der Waals surface area (Å²) in [7, 11) is 0. The Balaban J connectivity index is 2.26. The summed E-state index contributed by atoms with van der Waals surface area (Å²) in [5, 5.41) is 3.43. The molecule has 1 atom stereocenters. The summed E-state index contributed by atoms with van der Waals surface area (Å²) in [5.41, 5.74) is 0.477. The maximum absolute atomic E-state index is 13.9. The third kappa shape index (κ3) is 3.01. The first-order valence-electron chi connectivity index (χ1n) is 6.24. The maximum atomic E-state index is 13.9. The van der Waals surface area contributed by atoms with Gasteiger partial charge >= 0.3 is 0 Å². The highest BCUT2D eigenvalue weighted by Crippen LogP contribution is 2.27. The van der Waals surface area contributed by atoms with Gasteiger partial charge < -0.3 is 10.2 Å². The van der Waals surface area contributed by atoms with Gasteiger partial charge in [-0.15, -0.1) is 0 Å². The minimum Gasteiger partial charge on any atom is -0.368 e. The van der Waals surface area contributed by atoms with E-state index >= 15 is 0 Å². The van der Waals surface area contributed by atoms with Crippen LogP contribution in [0.15, 0.2) is 16.6 Å². The van der Waals surface area contributed by atoms with E-state index in [-0.39, 0.29) is 0 Å². The summed E-state index contributed by atoms with van der Waals surface area (Å²) in [6.45, 7) is 4.60. The van der Waals surface area contributed by atoms with Gasteiger partial charge in [-0.3, -0.25) is 0 Å². The van der Waals surface area contributed by atoms with Gasteiger partial charge in [0.1, 0.15) is 11.6 Å². The van der Waals surface area contributed by atoms with Crippen molar-refractivity contribution in [1.29, 1.82) is 0 Å². The smallest absolute Gasteiger partial charge is 0.149 e. The van der Waals surface area contributed by atoms with E-state index in [0.29, 0.717) is 16.2 Å². The van der Waals surface area contributed by atoms with Crippen LogP contribution in [-0.4, -0.2) is 25.7 Å². The van der Waals surface area contributed by atoms with Crippen molar-refractivity contribution in [2.75, 3.05) is 24.5 Å². The highest BCUT2D eigenvalue weighted by Gasteiger charge is 2.20. The molecular weight excluding hydrogens is 302 g/mol. The molecule has 1 aliphatic rings. The zero-order chi connectivity index (χ0) is 13.1. The number of hydrogen-bond donors (Lipinski definition) is 1. The highest BCUT2D eigenvalue weighted by molar-refractivity contribution is 9.10. The van der Waals surface area contributed by atoms with E-state index in [1.807, 2.05) is 4.90 Å². The second-order valence-electron chi connectivity index (χ2n) is 4.58. The summed E-state index contributed by atoms with van der Waals surface area (Å²) in [6, 6.07) is 2.83. The normalized spacial score (nSPS) is 20.9. The molecule has 100 valence electrons. The van der Waals surface area contributed by atoms with Gasteiger partial charge in [0.15, 0.2) is 0 Å². The van der Waals surface area contributed by atoms with Crippen molar-refractivity contribution in [3.8, 4) is 0 Å². The fraction of sp³-hybridized carbons (Fsp3) is 0.538. The molecule has 5 heteroatoms. The molecule has 0 aliphatic carbocycles. The predicted octanol–water partition coefficient (Wildman–Crippen LogP) is 3.31. The molecule has 2 nitrogen and oxygen atoms in total. The van der Waals surface area contributed by atoms with Gasteiger partial charge in [-0.2, -0.15) is 0 Å². The van der Waals surface area contributed by atoms with Crippen LogP contribution in [0.3, 0.4) is 0 Å². The Hall–Kier alpha value is -0.680. The molecule has 18 heavy (non-hydrogen) atoms. The second-order valence-corrected chi connectivity index (χ2v) is 5.43. The molecule has 0 amide bonds. The Labute approximate surface area is 114 Å². The first-order valence-corrected chi connectivity index (χ1v) is 7.04. The third-order valence-electron chi connectivity index (χ3n) is 3.30. The van der Waals surface area contributed by atoms with Gasteiger partial charge in [0, 0.05) is 25.2 Å². The van der Waals surface area contributed by atoms with Crippen LogP contribution in [0, 0.1) is 11.6 Å². The molecule has 1 aromatic rings. The SMILES string of the molecule is CCC1CN(c2cc(Br)c(F)cc2F)CCCN1. The van der Waals surface area contributed by atoms with Crippen molar-refractivity contribution < 1.29 is 8.78 Å². The van der Waals surface area contributed by atoms with Crippen LogP contribution in [0.1, 0.15) is 19.8 Å². The zero-order valence-corrected chi connectivity index (χ0v) is 11.9. The lowest BCUT2D eigenvalue weighted by Gasteiger charge is -2.26. The topological polar surface area (TPSA) is 15.3 Å². The number of rotatable bonds is 2. The van der Waals surface area contributed by atoms with Gasteiger partial charge in [0.2, 0.25) is 0 Å². The Kier molecular flexibility index (Phi) is 4.56. The van der Waals surface area contributed by atoms with Crippen molar-refractivity contribution in [3.63, 3.8) is 0 Å². The Morgan fingerprint density at radius 2 is 2.17 bits per heavy atom. The van der Waals surface area contributed by atoms with Crippen LogP contribution >= 0.6 is 15.9 Å². The molecule has 1 unspecified atom stereocenters. The van der Waals surface area contributed by atoms with Gasteiger partial charge in [-0.25, -0.2) is 8.78 Å². The van der Waals surface area contributed by atoms with Crippen LogP contribution in [0.4, 0.5) is 14.5 Å². The number of hydrogen-bond acceptors (Lipinski definition) is 2. The molecule has 1 aliphatic heterocycles. The Morgan fingerprint density at radius 3 is 2.89 bits per heavy atom. The van der Waals surface area contributed by atoms with Gasteiger partial charge in [0.25, 0.3) is 0 Å². The molecule has 1 N–H and O–H groups in total. The van der Waals surface area contributed by atoms with Gasteiger partial charge in [-0.1, -0.05) is 6.92 Å². The number of nitrogens with one attached hydrogen (secondary N) is 1. The van der Waals surface area contributed by atoms with Crippen LogP contribution in [0.25, 0.3) is 0 Å². The zero-order valence-electron chi connectivity index (χ0n) is 10.3. The number of halogens is 3. The van der Waals surface area contributed by atoms with Crippen LogP contribution in [-0.2, 0) is 0 Å². The van der Waals surface area contributed by atoms with Crippen LogP contribution in [0.5, 0.6) is 0 Å². The van der Waals surface area contributed by atoms with Crippen LogP contribution < -0.4 is 10.2 Å². The Morgan fingerprint density at radius 1 is 1.39 bits per heavy atom. The predicted molar refractivity (Wildman–Crippen MR) is 73.0 cm³/mol. The van der Waals surface area contributed by atoms with Gasteiger partial charge in [0.05, 0.1) is 10.2 Å². The maximum Gasteiger partial charge on any atom is 0.149 e. The van der Waals surface area contributed by atoms with E-state index in [9.17, 15) is 8.78 Å².